The van der Waals surface area contributed by atoms with Crippen molar-refractivity contribution in [3.8, 4) is 0 Å². The third kappa shape index (κ3) is 6.49. The molecule has 158 valence electrons. The van der Waals surface area contributed by atoms with Crippen molar-refractivity contribution in [3.05, 3.63) is 24.3 Å². The van der Waals surface area contributed by atoms with Crippen molar-refractivity contribution in [1.82, 2.24) is 0 Å². The molecule has 4 rings (SSSR count). The van der Waals surface area contributed by atoms with Crippen LogP contribution in [0, 0.1) is 29.1 Å². The maximum absolute atomic E-state index is 10.6. The average Bonchev–Trinajstić information content (AvgIpc) is 2.62. The van der Waals surface area contributed by atoms with Gasteiger partial charge >= 0.3 is 11.9 Å². The van der Waals surface area contributed by atoms with E-state index in [2.05, 4.69) is 20.4 Å². The van der Waals surface area contributed by atoms with E-state index < -0.39 is 11.9 Å². The molecule has 0 amide bonds. The fraction of sp³-hybridized carbons (Fsp3) is 0.750. The molecule has 4 nitrogen and oxygen atoms in total. The predicted octanol–water partition coefficient (Wildman–Crippen LogP) is 6.08. The summed E-state index contributed by atoms with van der Waals surface area (Å²) in [5.41, 5.74) is 0.621. The van der Waals surface area contributed by atoms with E-state index in [4.69, 9.17) is 10.2 Å². The molecule has 0 aromatic heterocycles. The number of aliphatic carboxylic acids is 2. The Kier molecular flexibility index (Phi) is 8.33. The summed E-state index contributed by atoms with van der Waals surface area (Å²) in [6.45, 7) is 7.81. The summed E-state index contributed by atoms with van der Waals surface area (Å²) in [4.78, 5) is 21.1. The van der Waals surface area contributed by atoms with Gasteiger partial charge in [-0.1, -0.05) is 52.2 Å². The molecular formula is C24H38O4. The standard InChI is InChI=1S/C13H18O2.C11H20O2/c14-12(15)1-2-13-6-9-3-10(7-13)5-11(4-9)8-13;1-4-6-7-10(5-2)8-9(3)11(12)13/h1-2,9-11H,3-8H2,(H,14,15);10H,3-8H2,1-2H3,(H,12,13). The molecule has 0 radical (unpaired) electrons. The van der Waals surface area contributed by atoms with Crippen molar-refractivity contribution in [2.45, 2.75) is 84.5 Å². The van der Waals surface area contributed by atoms with Crippen LogP contribution in [-0.2, 0) is 9.59 Å². The van der Waals surface area contributed by atoms with E-state index in [0.717, 1.165) is 30.6 Å². The van der Waals surface area contributed by atoms with Crippen LogP contribution in [0.5, 0.6) is 0 Å². The van der Waals surface area contributed by atoms with E-state index in [1.54, 1.807) is 0 Å². The molecule has 0 aliphatic heterocycles. The van der Waals surface area contributed by atoms with Gasteiger partial charge in [-0.3, -0.25) is 0 Å². The largest absolute Gasteiger partial charge is 0.478 e. The average molecular weight is 391 g/mol. The second-order valence-corrected chi connectivity index (χ2v) is 9.48. The lowest BCUT2D eigenvalue weighted by Crippen LogP contribution is -2.45. The number of hydrogen-bond acceptors (Lipinski definition) is 2. The summed E-state index contributed by atoms with van der Waals surface area (Å²) < 4.78 is 0. The smallest absolute Gasteiger partial charge is 0.330 e. The first-order valence-electron chi connectivity index (χ1n) is 11.1. The molecule has 28 heavy (non-hydrogen) atoms. The third-order valence-corrected chi connectivity index (χ3v) is 7.05. The highest BCUT2D eigenvalue weighted by Gasteiger charge is 2.49. The molecule has 4 bridgehead atoms. The molecule has 0 saturated heterocycles. The Labute approximate surface area is 170 Å². The zero-order valence-corrected chi connectivity index (χ0v) is 17.7. The molecule has 1 unspecified atom stereocenters. The minimum atomic E-state index is -0.852. The van der Waals surface area contributed by atoms with Gasteiger partial charge in [0.05, 0.1) is 0 Å². The van der Waals surface area contributed by atoms with Gasteiger partial charge in [-0.15, -0.1) is 0 Å². The fourth-order valence-electron chi connectivity index (χ4n) is 6.01. The van der Waals surface area contributed by atoms with Gasteiger partial charge in [0.15, 0.2) is 0 Å². The molecule has 4 heteroatoms. The highest BCUT2D eigenvalue weighted by molar-refractivity contribution is 5.85. The lowest BCUT2D eigenvalue weighted by atomic mass is 9.49. The summed E-state index contributed by atoms with van der Waals surface area (Å²) >= 11 is 0. The van der Waals surface area contributed by atoms with E-state index in [0.29, 0.717) is 17.9 Å². The quantitative estimate of drug-likeness (QED) is 0.468. The van der Waals surface area contributed by atoms with E-state index in [1.807, 2.05) is 6.08 Å². The van der Waals surface area contributed by atoms with E-state index in [-0.39, 0.29) is 5.41 Å². The van der Waals surface area contributed by atoms with Crippen LogP contribution in [0.15, 0.2) is 24.3 Å². The van der Waals surface area contributed by atoms with Crippen LogP contribution in [0.4, 0.5) is 0 Å². The van der Waals surface area contributed by atoms with Crippen LogP contribution in [0.25, 0.3) is 0 Å². The minimum Gasteiger partial charge on any atom is -0.478 e. The first-order valence-corrected chi connectivity index (χ1v) is 11.1. The van der Waals surface area contributed by atoms with Gasteiger partial charge in [0.1, 0.15) is 0 Å². The molecule has 4 saturated carbocycles. The summed E-state index contributed by atoms with van der Waals surface area (Å²) in [6.07, 6.45) is 16.6. The van der Waals surface area contributed by atoms with Crippen molar-refractivity contribution in [2.75, 3.05) is 0 Å². The summed E-state index contributed by atoms with van der Waals surface area (Å²) in [5.74, 6) is 1.56. The van der Waals surface area contributed by atoms with E-state index in [1.165, 1.54) is 57.4 Å². The molecule has 0 spiro atoms. The van der Waals surface area contributed by atoms with Crippen LogP contribution in [0.3, 0.4) is 0 Å². The van der Waals surface area contributed by atoms with Gasteiger partial charge in [-0.05, 0) is 74.0 Å². The topological polar surface area (TPSA) is 74.6 Å². The van der Waals surface area contributed by atoms with Crippen molar-refractivity contribution >= 4 is 11.9 Å². The number of allylic oxidation sites excluding steroid dienone is 1. The number of hydrogen-bond donors (Lipinski definition) is 2. The maximum atomic E-state index is 10.6. The third-order valence-electron chi connectivity index (χ3n) is 7.05. The fourth-order valence-corrected chi connectivity index (χ4v) is 6.01. The van der Waals surface area contributed by atoms with Crippen LogP contribution in [0.1, 0.15) is 84.5 Å². The molecular weight excluding hydrogens is 352 g/mol. The van der Waals surface area contributed by atoms with Crippen LogP contribution < -0.4 is 0 Å². The van der Waals surface area contributed by atoms with Gasteiger partial charge in [0.25, 0.3) is 0 Å². The number of carbonyl (C=O) groups is 2. The lowest BCUT2D eigenvalue weighted by Gasteiger charge is -2.55. The van der Waals surface area contributed by atoms with Gasteiger partial charge in [-0.2, -0.15) is 0 Å². The molecule has 4 fully saturated rings. The Morgan fingerprint density at radius 2 is 1.61 bits per heavy atom. The van der Waals surface area contributed by atoms with Gasteiger partial charge < -0.3 is 10.2 Å². The van der Waals surface area contributed by atoms with Gasteiger partial charge in [0, 0.05) is 11.6 Å². The van der Waals surface area contributed by atoms with Gasteiger partial charge in [0.2, 0.25) is 0 Å². The molecule has 2 N–H and O–H groups in total. The minimum absolute atomic E-state index is 0.271. The van der Waals surface area contributed by atoms with Crippen molar-refractivity contribution in [2.24, 2.45) is 29.1 Å². The monoisotopic (exact) mass is 390 g/mol. The number of carboxylic acids is 2. The highest BCUT2D eigenvalue weighted by atomic mass is 16.4. The zero-order chi connectivity index (χ0) is 20.7. The summed E-state index contributed by atoms with van der Waals surface area (Å²) in [7, 11) is 0. The second kappa shape index (κ2) is 10.3. The number of unbranched alkanes of at least 4 members (excludes halogenated alkanes) is 1. The predicted molar refractivity (Wildman–Crippen MR) is 112 cm³/mol. The molecule has 4 aliphatic rings. The molecule has 4 aliphatic carbocycles. The first kappa shape index (κ1) is 22.7. The first-order chi connectivity index (χ1) is 13.3. The van der Waals surface area contributed by atoms with Crippen LogP contribution in [-0.4, -0.2) is 22.2 Å². The SMILES string of the molecule is C=C(CC(CC)CCCC)C(=O)O.O=C(O)C=CC12CC3CC(CC(C3)C1)C2. The molecule has 0 aromatic rings. The van der Waals surface area contributed by atoms with Crippen LogP contribution >= 0.6 is 0 Å². The Bertz CT molecular complexity index is 554. The lowest BCUT2D eigenvalue weighted by molar-refractivity contribution is -0.133. The summed E-state index contributed by atoms with van der Waals surface area (Å²) in [6, 6.07) is 0. The van der Waals surface area contributed by atoms with Crippen LogP contribution in [0.2, 0.25) is 0 Å². The maximum Gasteiger partial charge on any atom is 0.330 e. The van der Waals surface area contributed by atoms with Gasteiger partial charge in [-0.25, -0.2) is 9.59 Å². The van der Waals surface area contributed by atoms with Crippen molar-refractivity contribution in [3.63, 3.8) is 0 Å². The van der Waals surface area contributed by atoms with Crippen molar-refractivity contribution < 1.29 is 19.8 Å². The normalized spacial score (nSPS) is 31.3. The Hall–Kier alpha value is -1.58. The molecule has 0 aromatic carbocycles. The Morgan fingerprint density at radius 1 is 1.07 bits per heavy atom. The highest BCUT2D eigenvalue weighted by Crippen LogP contribution is 2.60. The van der Waals surface area contributed by atoms with Crippen molar-refractivity contribution in [1.29, 1.82) is 0 Å². The van der Waals surface area contributed by atoms with E-state index >= 15 is 0 Å². The number of carboxylic acid groups (broad SMARTS) is 2. The number of rotatable bonds is 9. The zero-order valence-electron chi connectivity index (χ0n) is 17.7. The summed E-state index contributed by atoms with van der Waals surface area (Å²) in [5, 5.41) is 17.4. The molecule has 1 atom stereocenters. The Morgan fingerprint density at radius 3 is 2.00 bits per heavy atom. The molecule has 0 heterocycles. The second-order valence-electron chi connectivity index (χ2n) is 9.48. The Balaban J connectivity index is 0.000000204. The van der Waals surface area contributed by atoms with E-state index in [9.17, 15) is 9.59 Å².